The van der Waals surface area contributed by atoms with Crippen LogP contribution in [-0.2, 0) is 0 Å². The Morgan fingerprint density at radius 1 is 1.29 bits per heavy atom. The van der Waals surface area contributed by atoms with E-state index < -0.39 is 5.97 Å². The molecule has 2 aromatic heterocycles. The van der Waals surface area contributed by atoms with Crippen molar-refractivity contribution in [2.24, 2.45) is 5.92 Å². The highest BCUT2D eigenvalue weighted by Gasteiger charge is 2.16. The van der Waals surface area contributed by atoms with Gasteiger partial charge in [-0.3, -0.25) is 4.79 Å². The molecule has 0 aliphatic carbocycles. The number of fused-ring (bicyclic) bond motifs is 2. The second kappa shape index (κ2) is 5.70. The Hall–Kier alpha value is -3.33. The van der Waals surface area contributed by atoms with Gasteiger partial charge in [0.2, 0.25) is 11.1 Å². The molecule has 3 rings (SSSR count). The Bertz CT molecular complexity index is 1100. The number of aromatic carboxylic acids is 1. The molecule has 0 saturated carbocycles. The lowest BCUT2D eigenvalue weighted by atomic mass is 10.1. The van der Waals surface area contributed by atoms with Crippen molar-refractivity contribution in [2.45, 2.75) is 13.8 Å². The van der Waals surface area contributed by atoms with Gasteiger partial charge in [0, 0.05) is 11.5 Å². The first kappa shape index (κ1) is 15.6. The summed E-state index contributed by atoms with van der Waals surface area (Å²) in [6.07, 6.45) is 0. The van der Waals surface area contributed by atoms with Crippen LogP contribution < -0.4 is 11.2 Å². The minimum Gasteiger partial charge on any atom is -0.478 e. The topological polar surface area (TPSA) is 106 Å². The van der Waals surface area contributed by atoms with Gasteiger partial charge in [-0.25, -0.2) is 4.79 Å². The van der Waals surface area contributed by atoms with Crippen LogP contribution in [0, 0.1) is 17.8 Å². The number of nitrogens with two attached hydrogens (primary N) is 1. The molecule has 0 atom stereocenters. The van der Waals surface area contributed by atoms with Crippen LogP contribution in [0.25, 0.3) is 22.1 Å². The number of carbonyl (C=O) groups is 1. The highest BCUT2D eigenvalue weighted by molar-refractivity contribution is 5.98. The summed E-state index contributed by atoms with van der Waals surface area (Å²) in [4.78, 5) is 27.7. The number of pyridine rings is 1. The van der Waals surface area contributed by atoms with Gasteiger partial charge in [-0.15, -0.1) is 0 Å². The first-order chi connectivity index (χ1) is 11.4. The Labute approximate surface area is 136 Å². The van der Waals surface area contributed by atoms with E-state index in [4.69, 9.17) is 15.3 Å². The van der Waals surface area contributed by atoms with Crippen LogP contribution in [0.3, 0.4) is 0 Å². The van der Waals surface area contributed by atoms with Crippen molar-refractivity contribution >= 4 is 33.9 Å². The monoisotopic (exact) mass is 322 g/mol. The Morgan fingerprint density at radius 2 is 2.04 bits per heavy atom. The van der Waals surface area contributed by atoms with Crippen molar-refractivity contribution in [1.29, 1.82) is 0 Å². The third kappa shape index (κ3) is 2.68. The van der Waals surface area contributed by atoms with E-state index in [9.17, 15) is 9.59 Å². The molecule has 0 saturated heterocycles. The molecule has 0 amide bonds. The van der Waals surface area contributed by atoms with Gasteiger partial charge in [0.15, 0.2) is 0 Å². The fraction of sp³-hybridized carbons (Fsp3) is 0.167. The standard InChI is InChI=1S/C18H14N2O4/c1-9(2)3-4-10-5-6-14-11(7-10)15(21)12-8-13(18(22)23)16(19)20-17(12)24-14/h5-9H,1-2H3,(H2,19,20)(H,22,23). The maximum absolute atomic E-state index is 12.7. The molecule has 6 nitrogen and oxygen atoms in total. The van der Waals surface area contributed by atoms with E-state index in [0.717, 1.165) is 0 Å². The zero-order chi connectivity index (χ0) is 17.4. The van der Waals surface area contributed by atoms with E-state index in [-0.39, 0.29) is 33.8 Å². The zero-order valence-electron chi connectivity index (χ0n) is 13.1. The number of hydrogen-bond acceptors (Lipinski definition) is 5. The van der Waals surface area contributed by atoms with Crippen LogP contribution in [0.2, 0.25) is 0 Å². The van der Waals surface area contributed by atoms with Gasteiger partial charge in [0.05, 0.1) is 10.8 Å². The molecule has 120 valence electrons. The predicted molar refractivity (Wildman–Crippen MR) is 90.9 cm³/mol. The molecule has 3 N–H and O–H groups in total. The zero-order valence-corrected chi connectivity index (χ0v) is 13.1. The second-order valence-electron chi connectivity index (χ2n) is 5.65. The average molecular weight is 322 g/mol. The molecule has 0 spiro atoms. The summed E-state index contributed by atoms with van der Waals surface area (Å²) in [6, 6.07) is 6.22. The summed E-state index contributed by atoms with van der Waals surface area (Å²) < 4.78 is 5.59. The summed E-state index contributed by atoms with van der Waals surface area (Å²) in [5.74, 6) is 4.77. The lowest BCUT2D eigenvalue weighted by Crippen LogP contribution is -2.09. The van der Waals surface area contributed by atoms with E-state index in [1.54, 1.807) is 18.2 Å². The number of aromatic nitrogens is 1. The van der Waals surface area contributed by atoms with Crippen LogP contribution in [-0.4, -0.2) is 16.1 Å². The Morgan fingerprint density at radius 3 is 2.71 bits per heavy atom. The van der Waals surface area contributed by atoms with Crippen LogP contribution in [0.15, 0.2) is 33.5 Å². The maximum atomic E-state index is 12.7. The number of anilines is 1. The van der Waals surface area contributed by atoms with Crippen LogP contribution in [0.4, 0.5) is 5.82 Å². The molecule has 0 bridgehead atoms. The van der Waals surface area contributed by atoms with Gasteiger partial charge >= 0.3 is 5.97 Å². The lowest BCUT2D eigenvalue weighted by Gasteiger charge is -2.04. The third-order valence-electron chi connectivity index (χ3n) is 3.43. The number of carboxylic acids is 1. The predicted octanol–water partition coefficient (Wildman–Crippen LogP) is 2.63. The van der Waals surface area contributed by atoms with Gasteiger partial charge in [-0.1, -0.05) is 25.7 Å². The van der Waals surface area contributed by atoms with Gasteiger partial charge in [-0.05, 0) is 24.3 Å². The average Bonchev–Trinajstić information content (AvgIpc) is 2.52. The molecule has 0 radical (unpaired) electrons. The summed E-state index contributed by atoms with van der Waals surface area (Å²) >= 11 is 0. The molecule has 0 fully saturated rings. The van der Waals surface area contributed by atoms with Crippen molar-refractivity contribution < 1.29 is 14.3 Å². The van der Waals surface area contributed by atoms with Crippen molar-refractivity contribution in [3.63, 3.8) is 0 Å². The molecular formula is C18H14N2O4. The quantitative estimate of drug-likeness (QED) is 0.527. The molecule has 6 heteroatoms. The van der Waals surface area contributed by atoms with Gasteiger partial charge in [0.25, 0.3) is 0 Å². The highest BCUT2D eigenvalue weighted by Crippen LogP contribution is 2.21. The molecule has 0 unspecified atom stereocenters. The normalized spacial score (nSPS) is 10.8. The largest absolute Gasteiger partial charge is 0.478 e. The van der Waals surface area contributed by atoms with Crippen molar-refractivity contribution in [2.75, 3.05) is 5.73 Å². The second-order valence-corrected chi connectivity index (χ2v) is 5.65. The van der Waals surface area contributed by atoms with Gasteiger partial charge < -0.3 is 15.3 Å². The number of benzene rings is 1. The molecule has 1 aromatic carbocycles. The van der Waals surface area contributed by atoms with Gasteiger partial charge in [0.1, 0.15) is 17.0 Å². The maximum Gasteiger partial charge on any atom is 0.339 e. The summed E-state index contributed by atoms with van der Waals surface area (Å²) in [7, 11) is 0. The Kier molecular flexibility index (Phi) is 3.70. The molecule has 24 heavy (non-hydrogen) atoms. The van der Waals surface area contributed by atoms with Crippen LogP contribution in [0.1, 0.15) is 29.8 Å². The van der Waals surface area contributed by atoms with E-state index in [1.807, 2.05) is 13.8 Å². The minimum absolute atomic E-state index is 0.0102. The highest BCUT2D eigenvalue weighted by atomic mass is 16.4. The van der Waals surface area contributed by atoms with E-state index in [1.165, 1.54) is 6.07 Å². The number of nitrogen functional groups attached to an aromatic ring is 1. The smallest absolute Gasteiger partial charge is 0.339 e. The molecular weight excluding hydrogens is 308 g/mol. The first-order valence-corrected chi connectivity index (χ1v) is 7.28. The van der Waals surface area contributed by atoms with Crippen molar-refractivity contribution in [3.8, 4) is 11.8 Å². The molecule has 0 aliphatic rings. The minimum atomic E-state index is -1.25. The Balaban J connectivity index is 2.32. The fourth-order valence-corrected chi connectivity index (χ4v) is 2.27. The van der Waals surface area contributed by atoms with Crippen molar-refractivity contribution in [1.82, 2.24) is 4.98 Å². The lowest BCUT2D eigenvalue weighted by molar-refractivity contribution is 0.0698. The van der Waals surface area contributed by atoms with Crippen LogP contribution in [0.5, 0.6) is 0 Å². The molecule has 0 aliphatic heterocycles. The first-order valence-electron chi connectivity index (χ1n) is 7.28. The SMILES string of the molecule is CC(C)C#Cc1ccc2oc3nc(N)c(C(=O)O)cc3c(=O)c2c1. The molecule has 3 aromatic rings. The summed E-state index contributed by atoms with van der Waals surface area (Å²) in [5.41, 5.74) is 6.04. The third-order valence-corrected chi connectivity index (χ3v) is 3.43. The van der Waals surface area contributed by atoms with Crippen molar-refractivity contribution in [3.05, 3.63) is 45.6 Å². The van der Waals surface area contributed by atoms with E-state index >= 15 is 0 Å². The van der Waals surface area contributed by atoms with E-state index in [0.29, 0.717) is 16.5 Å². The fourth-order valence-electron chi connectivity index (χ4n) is 2.27. The van der Waals surface area contributed by atoms with Gasteiger partial charge in [-0.2, -0.15) is 4.98 Å². The summed E-state index contributed by atoms with van der Waals surface area (Å²) in [5, 5.41) is 9.52. The molecule has 2 heterocycles. The number of rotatable bonds is 1. The number of carboxylic acid groups (broad SMARTS) is 1. The number of hydrogen-bond donors (Lipinski definition) is 2. The summed E-state index contributed by atoms with van der Waals surface area (Å²) in [6.45, 7) is 3.94. The number of nitrogens with zero attached hydrogens (tertiary/aromatic N) is 1. The van der Waals surface area contributed by atoms with Crippen LogP contribution >= 0.6 is 0 Å². The van der Waals surface area contributed by atoms with E-state index in [2.05, 4.69) is 16.8 Å².